The number of carbonyl (C=O) groups excluding carboxylic acids is 1. The van der Waals surface area contributed by atoms with E-state index in [0.717, 1.165) is 0 Å². The minimum Gasteiger partial charge on any atom is -0.299 e. The Kier molecular flexibility index (Phi) is 2.74. The Morgan fingerprint density at radius 3 is 2.73 bits per heavy atom. The van der Waals surface area contributed by atoms with Crippen LogP contribution in [0.1, 0.15) is 10.4 Å². The Bertz CT molecular complexity index is 266. The van der Waals surface area contributed by atoms with Crippen LogP contribution in [0.3, 0.4) is 0 Å². The highest BCUT2D eigenvalue weighted by atomic mass is 35.5. The maximum Gasteiger partial charge on any atom is 0.252 e. The highest BCUT2D eigenvalue weighted by Crippen LogP contribution is 1.99. The Hall–Kier alpha value is -1.22. The van der Waals surface area contributed by atoms with Crippen molar-refractivity contribution in [2.75, 3.05) is 0 Å². The summed E-state index contributed by atoms with van der Waals surface area (Å²) in [5, 5.41) is -0.531. The van der Waals surface area contributed by atoms with E-state index in [4.69, 9.17) is 11.6 Å². The lowest BCUT2D eigenvalue weighted by Gasteiger charge is -1.85. The first-order valence-corrected chi connectivity index (χ1v) is 3.24. The van der Waals surface area contributed by atoms with Gasteiger partial charge in [0.25, 0.3) is 5.24 Å². The molecule has 0 bridgehead atoms. The van der Waals surface area contributed by atoms with Gasteiger partial charge in [0.05, 0.1) is 0 Å². The number of rotatable bonds is 1. The molecule has 0 amide bonds. The summed E-state index contributed by atoms with van der Waals surface area (Å²) in [5.74, 6) is 0. The summed E-state index contributed by atoms with van der Waals surface area (Å²) in [6.45, 7) is 0. The zero-order valence-corrected chi connectivity index (χ0v) is 6.25. The molecule has 0 saturated heterocycles. The second kappa shape index (κ2) is 3.83. The molecule has 0 aliphatic carbocycles. The number of carbonyl (C=O) groups is 1. The number of halogens is 1. The summed E-state index contributed by atoms with van der Waals surface area (Å²) >= 11 is 5.19. The lowest BCUT2D eigenvalue weighted by atomic mass is 10.3. The van der Waals surface area contributed by atoms with Crippen LogP contribution in [0.25, 0.3) is 0 Å². The molecule has 11 heavy (non-hydrogen) atoms. The number of hydrogen-bond donors (Lipinski definition) is 0. The normalized spacial score (nSPS) is 8.82. The molecular formula is C7H5ClO3. The van der Waals surface area contributed by atoms with Gasteiger partial charge in [0.15, 0.2) is 0 Å². The standard InChI is InChI=1S/C7H5ClO3/c8-7(9)6-2-1-4-10-11-5-3-6/h1-5H. The molecule has 1 aromatic rings. The number of hydrogen-bond acceptors (Lipinski definition) is 3. The van der Waals surface area contributed by atoms with Crippen molar-refractivity contribution >= 4 is 16.8 Å². The van der Waals surface area contributed by atoms with Crippen molar-refractivity contribution in [3.8, 4) is 0 Å². The predicted octanol–water partition coefficient (Wildman–Crippen LogP) is 2.38. The van der Waals surface area contributed by atoms with E-state index in [1.165, 1.54) is 30.7 Å². The highest BCUT2D eigenvalue weighted by Gasteiger charge is 1.96. The smallest absolute Gasteiger partial charge is 0.252 e. The second-order valence-electron chi connectivity index (χ2n) is 1.72. The van der Waals surface area contributed by atoms with Gasteiger partial charge in [-0.25, -0.2) is 0 Å². The average molecular weight is 173 g/mol. The lowest BCUT2D eigenvalue weighted by Crippen LogP contribution is -1.83. The zero-order valence-electron chi connectivity index (χ0n) is 5.49. The van der Waals surface area contributed by atoms with Crippen molar-refractivity contribution < 1.29 is 13.9 Å². The van der Waals surface area contributed by atoms with E-state index in [2.05, 4.69) is 9.15 Å². The van der Waals surface area contributed by atoms with Crippen molar-refractivity contribution in [1.29, 1.82) is 0 Å². The van der Waals surface area contributed by atoms with Gasteiger partial charge in [-0.15, -0.1) is 0 Å². The maximum atomic E-state index is 10.6. The van der Waals surface area contributed by atoms with Gasteiger partial charge in [-0.3, -0.25) is 13.9 Å². The lowest BCUT2D eigenvalue weighted by molar-refractivity contribution is 0.0476. The molecular weight excluding hydrogens is 168 g/mol. The summed E-state index contributed by atoms with van der Waals surface area (Å²) in [7, 11) is 0. The SMILES string of the molecule is O=C(Cl)c1cccoocc1. The summed E-state index contributed by atoms with van der Waals surface area (Å²) in [6.07, 6.45) is 2.53. The molecule has 1 heterocycles. The van der Waals surface area contributed by atoms with Gasteiger partial charge in [-0.2, -0.15) is 0 Å². The van der Waals surface area contributed by atoms with Crippen molar-refractivity contribution in [2.24, 2.45) is 0 Å². The van der Waals surface area contributed by atoms with Crippen molar-refractivity contribution in [3.63, 3.8) is 0 Å². The van der Waals surface area contributed by atoms with Gasteiger partial charge < -0.3 is 0 Å². The Morgan fingerprint density at radius 1 is 1.27 bits per heavy atom. The van der Waals surface area contributed by atoms with E-state index < -0.39 is 5.24 Å². The quantitative estimate of drug-likeness (QED) is 0.483. The third-order valence-corrected chi connectivity index (χ3v) is 1.21. The minimum atomic E-state index is -0.531. The molecule has 0 unspecified atom stereocenters. The summed E-state index contributed by atoms with van der Waals surface area (Å²) in [4.78, 5) is 10.6. The van der Waals surface area contributed by atoms with E-state index in [9.17, 15) is 4.79 Å². The fraction of sp³-hybridized carbons (Fsp3) is 0. The molecule has 0 N–H and O–H groups in total. The van der Waals surface area contributed by atoms with Crippen LogP contribution < -0.4 is 0 Å². The monoisotopic (exact) mass is 172 g/mol. The summed E-state index contributed by atoms with van der Waals surface area (Å²) < 4.78 is 8.87. The topological polar surface area (TPSA) is 43.4 Å². The molecule has 1 rings (SSSR count). The van der Waals surface area contributed by atoms with Gasteiger partial charge in [-0.05, 0) is 29.8 Å². The third kappa shape index (κ3) is 2.47. The van der Waals surface area contributed by atoms with Gasteiger partial charge in [0, 0.05) is 5.56 Å². The zero-order chi connectivity index (χ0) is 8.10. The van der Waals surface area contributed by atoms with Crippen LogP contribution in [-0.2, 0) is 0 Å². The highest BCUT2D eigenvalue weighted by molar-refractivity contribution is 6.67. The van der Waals surface area contributed by atoms with E-state index in [0.29, 0.717) is 5.56 Å². The minimum absolute atomic E-state index is 0.353. The maximum absolute atomic E-state index is 10.6. The van der Waals surface area contributed by atoms with Crippen LogP contribution >= 0.6 is 11.6 Å². The van der Waals surface area contributed by atoms with Crippen LogP contribution in [0.4, 0.5) is 0 Å². The Labute approximate surface area is 67.8 Å². The Morgan fingerprint density at radius 2 is 2.00 bits per heavy atom. The molecule has 0 aliphatic heterocycles. The van der Waals surface area contributed by atoms with Crippen molar-refractivity contribution in [3.05, 3.63) is 36.3 Å². The second-order valence-corrected chi connectivity index (χ2v) is 2.06. The van der Waals surface area contributed by atoms with Gasteiger partial charge in [0.1, 0.15) is 12.5 Å². The van der Waals surface area contributed by atoms with E-state index >= 15 is 0 Å². The molecule has 0 fully saturated rings. The first-order chi connectivity index (χ1) is 5.30. The van der Waals surface area contributed by atoms with E-state index in [-0.39, 0.29) is 0 Å². The largest absolute Gasteiger partial charge is 0.299 e. The van der Waals surface area contributed by atoms with Gasteiger partial charge in [0.2, 0.25) is 0 Å². The van der Waals surface area contributed by atoms with Crippen LogP contribution in [0.2, 0.25) is 0 Å². The van der Waals surface area contributed by atoms with Crippen LogP contribution in [0.5, 0.6) is 0 Å². The average Bonchev–Trinajstić information content (AvgIpc) is 1.84. The van der Waals surface area contributed by atoms with Gasteiger partial charge >= 0.3 is 0 Å². The van der Waals surface area contributed by atoms with Crippen LogP contribution in [-0.4, -0.2) is 5.24 Å². The molecule has 0 atom stereocenters. The molecule has 1 aromatic heterocycles. The van der Waals surface area contributed by atoms with Crippen LogP contribution in [0, 0.1) is 0 Å². The molecule has 3 nitrogen and oxygen atoms in total. The molecule has 0 spiro atoms. The van der Waals surface area contributed by atoms with Crippen LogP contribution in [0.15, 0.2) is 39.9 Å². The Balaban J connectivity index is 3.12. The fourth-order valence-corrected chi connectivity index (χ4v) is 0.653. The molecule has 4 heteroatoms. The van der Waals surface area contributed by atoms with E-state index in [1.807, 2.05) is 0 Å². The molecule has 58 valence electrons. The first kappa shape index (κ1) is 7.88. The first-order valence-electron chi connectivity index (χ1n) is 2.86. The fourth-order valence-electron chi connectivity index (χ4n) is 0.527. The third-order valence-electron chi connectivity index (χ3n) is 0.996. The van der Waals surface area contributed by atoms with Crippen molar-refractivity contribution in [2.45, 2.75) is 0 Å². The summed E-state index contributed by atoms with van der Waals surface area (Å²) in [6, 6.07) is 4.45. The molecule has 0 saturated carbocycles. The van der Waals surface area contributed by atoms with E-state index in [1.54, 1.807) is 0 Å². The van der Waals surface area contributed by atoms with Gasteiger partial charge in [-0.1, -0.05) is 0 Å². The van der Waals surface area contributed by atoms with Crippen molar-refractivity contribution in [1.82, 2.24) is 0 Å². The summed E-state index contributed by atoms with van der Waals surface area (Å²) in [5.41, 5.74) is 0.353. The molecule has 0 aliphatic rings. The molecule has 0 aromatic carbocycles. The molecule has 0 radical (unpaired) electrons. The predicted molar refractivity (Wildman–Crippen MR) is 38.8 cm³/mol.